The molecule has 1 aromatic rings. The van der Waals surface area contributed by atoms with E-state index in [2.05, 4.69) is 11.6 Å². The third-order valence-electron chi connectivity index (χ3n) is 4.29. The molecule has 0 aliphatic heterocycles. The van der Waals surface area contributed by atoms with E-state index in [4.69, 9.17) is 0 Å². The summed E-state index contributed by atoms with van der Waals surface area (Å²) in [7, 11) is -3.42. The highest BCUT2D eigenvalue weighted by Crippen LogP contribution is 2.27. The topological polar surface area (TPSA) is 46.2 Å². The van der Waals surface area contributed by atoms with Gasteiger partial charge in [-0.2, -0.15) is 0 Å². The van der Waals surface area contributed by atoms with Gasteiger partial charge in [0.2, 0.25) is 10.0 Å². The summed E-state index contributed by atoms with van der Waals surface area (Å²) in [5, 5.41) is 0. The van der Waals surface area contributed by atoms with Crippen molar-refractivity contribution in [1.29, 1.82) is 0 Å². The second-order valence-electron chi connectivity index (χ2n) is 6.22. The van der Waals surface area contributed by atoms with Crippen LogP contribution >= 0.6 is 0 Å². The Labute approximate surface area is 122 Å². The summed E-state index contributed by atoms with van der Waals surface area (Å²) in [6.07, 6.45) is 4.38. The Morgan fingerprint density at radius 3 is 2.15 bits per heavy atom. The van der Waals surface area contributed by atoms with Crippen LogP contribution in [0, 0.1) is 26.7 Å². The minimum Gasteiger partial charge on any atom is -0.208 e. The zero-order chi connectivity index (χ0) is 14.9. The van der Waals surface area contributed by atoms with Gasteiger partial charge in [0.05, 0.1) is 4.90 Å². The number of rotatable bonds is 3. The van der Waals surface area contributed by atoms with Gasteiger partial charge in [-0.3, -0.25) is 0 Å². The van der Waals surface area contributed by atoms with Crippen LogP contribution in [0.5, 0.6) is 0 Å². The largest absolute Gasteiger partial charge is 0.241 e. The van der Waals surface area contributed by atoms with Gasteiger partial charge in [-0.05, 0) is 50.7 Å². The third kappa shape index (κ3) is 3.23. The summed E-state index contributed by atoms with van der Waals surface area (Å²) in [5.41, 5.74) is 2.77. The second-order valence-corrected chi connectivity index (χ2v) is 7.87. The van der Waals surface area contributed by atoms with Crippen LogP contribution in [0.25, 0.3) is 0 Å². The van der Waals surface area contributed by atoms with Gasteiger partial charge in [-0.1, -0.05) is 37.5 Å². The van der Waals surface area contributed by atoms with Gasteiger partial charge in [-0.15, -0.1) is 0 Å². The van der Waals surface area contributed by atoms with E-state index < -0.39 is 10.0 Å². The summed E-state index contributed by atoms with van der Waals surface area (Å²) in [6, 6.07) is 3.95. The fourth-order valence-corrected chi connectivity index (χ4v) is 5.17. The first-order valence-corrected chi connectivity index (χ1v) is 8.90. The molecule has 0 spiro atoms. The van der Waals surface area contributed by atoms with E-state index >= 15 is 0 Å². The van der Waals surface area contributed by atoms with Crippen LogP contribution < -0.4 is 4.72 Å². The zero-order valence-corrected chi connectivity index (χ0v) is 13.7. The first-order chi connectivity index (χ1) is 9.31. The Bertz CT molecular complexity index is 569. The van der Waals surface area contributed by atoms with Crippen LogP contribution in [0.1, 0.15) is 49.3 Å². The van der Waals surface area contributed by atoms with E-state index in [1.54, 1.807) is 0 Å². The molecule has 0 bridgehead atoms. The molecule has 1 N–H and O–H groups in total. The normalized spacial score (nSPS) is 23.8. The smallest absolute Gasteiger partial charge is 0.208 e. The van der Waals surface area contributed by atoms with E-state index in [1.807, 2.05) is 32.9 Å². The van der Waals surface area contributed by atoms with E-state index in [9.17, 15) is 8.42 Å². The monoisotopic (exact) mass is 295 g/mol. The van der Waals surface area contributed by atoms with Crippen molar-refractivity contribution in [3.63, 3.8) is 0 Å². The summed E-state index contributed by atoms with van der Waals surface area (Å²) in [5.74, 6) is 0.421. The molecule has 0 saturated heterocycles. The van der Waals surface area contributed by atoms with Crippen LogP contribution in [0.4, 0.5) is 0 Å². The number of aryl methyl sites for hydroxylation is 3. The number of benzene rings is 1. The minimum absolute atomic E-state index is 0.0776. The summed E-state index contributed by atoms with van der Waals surface area (Å²) < 4.78 is 28.3. The second kappa shape index (κ2) is 5.86. The van der Waals surface area contributed by atoms with Gasteiger partial charge in [0, 0.05) is 6.04 Å². The van der Waals surface area contributed by atoms with E-state index in [-0.39, 0.29) is 6.04 Å². The maximum atomic E-state index is 12.7. The highest BCUT2D eigenvalue weighted by molar-refractivity contribution is 7.89. The average Bonchev–Trinajstić information content (AvgIpc) is 2.30. The molecule has 1 saturated carbocycles. The van der Waals surface area contributed by atoms with Gasteiger partial charge in [0.25, 0.3) is 0 Å². The van der Waals surface area contributed by atoms with Gasteiger partial charge in [-0.25, -0.2) is 13.1 Å². The van der Waals surface area contributed by atoms with Crippen molar-refractivity contribution < 1.29 is 8.42 Å². The lowest BCUT2D eigenvalue weighted by molar-refractivity contribution is 0.310. The average molecular weight is 295 g/mol. The molecule has 1 aliphatic carbocycles. The van der Waals surface area contributed by atoms with Crippen molar-refractivity contribution >= 4 is 10.0 Å². The highest BCUT2D eigenvalue weighted by Gasteiger charge is 2.28. The van der Waals surface area contributed by atoms with Crippen LogP contribution in [-0.2, 0) is 10.0 Å². The molecule has 1 aliphatic rings. The molecule has 2 atom stereocenters. The van der Waals surface area contributed by atoms with Crippen LogP contribution in [0.3, 0.4) is 0 Å². The molecule has 112 valence electrons. The predicted molar refractivity (Wildman–Crippen MR) is 82.4 cm³/mol. The van der Waals surface area contributed by atoms with Crippen molar-refractivity contribution in [2.75, 3.05) is 0 Å². The Morgan fingerprint density at radius 2 is 1.60 bits per heavy atom. The summed E-state index contributed by atoms with van der Waals surface area (Å²) >= 11 is 0. The molecule has 3 nitrogen and oxygen atoms in total. The van der Waals surface area contributed by atoms with Crippen molar-refractivity contribution in [2.45, 2.75) is 64.3 Å². The van der Waals surface area contributed by atoms with Gasteiger partial charge in [0.1, 0.15) is 0 Å². The van der Waals surface area contributed by atoms with Gasteiger partial charge >= 0.3 is 0 Å². The SMILES string of the molecule is Cc1cc(C)c(S(=O)(=O)N[C@H]2CCCC[C@@H]2C)c(C)c1. The summed E-state index contributed by atoms with van der Waals surface area (Å²) in [4.78, 5) is 0.459. The van der Waals surface area contributed by atoms with Crippen LogP contribution in [0.15, 0.2) is 17.0 Å². The molecule has 0 radical (unpaired) electrons. The lowest BCUT2D eigenvalue weighted by atomic mass is 9.87. The molecule has 1 fully saturated rings. The zero-order valence-electron chi connectivity index (χ0n) is 12.9. The highest BCUT2D eigenvalue weighted by atomic mass is 32.2. The van der Waals surface area contributed by atoms with Crippen LogP contribution in [-0.4, -0.2) is 14.5 Å². The lowest BCUT2D eigenvalue weighted by Gasteiger charge is -2.29. The van der Waals surface area contributed by atoms with Crippen LogP contribution in [0.2, 0.25) is 0 Å². The number of hydrogen-bond donors (Lipinski definition) is 1. The van der Waals surface area contributed by atoms with Gasteiger partial charge < -0.3 is 0 Å². The molecule has 0 unspecified atom stereocenters. The predicted octanol–water partition coefficient (Wildman–Crippen LogP) is 3.47. The maximum absolute atomic E-state index is 12.7. The Balaban J connectivity index is 2.31. The fraction of sp³-hybridized carbons (Fsp3) is 0.625. The van der Waals surface area contributed by atoms with E-state index in [1.165, 1.54) is 6.42 Å². The Morgan fingerprint density at radius 1 is 1.05 bits per heavy atom. The quantitative estimate of drug-likeness (QED) is 0.928. The summed E-state index contributed by atoms with van der Waals surface area (Å²) in [6.45, 7) is 7.88. The van der Waals surface area contributed by atoms with Crippen molar-refractivity contribution in [2.24, 2.45) is 5.92 Å². The number of sulfonamides is 1. The molecule has 0 amide bonds. The Kier molecular flexibility index (Phi) is 4.55. The molecular weight excluding hydrogens is 270 g/mol. The molecule has 20 heavy (non-hydrogen) atoms. The van der Waals surface area contributed by atoms with Gasteiger partial charge in [0.15, 0.2) is 0 Å². The Hall–Kier alpha value is -0.870. The van der Waals surface area contributed by atoms with E-state index in [0.717, 1.165) is 36.0 Å². The number of nitrogens with one attached hydrogen (secondary N) is 1. The maximum Gasteiger partial charge on any atom is 0.241 e. The lowest BCUT2D eigenvalue weighted by Crippen LogP contribution is -2.41. The molecule has 0 aromatic heterocycles. The molecule has 2 rings (SSSR count). The molecule has 4 heteroatoms. The first kappa shape index (κ1) is 15.5. The molecule has 1 aromatic carbocycles. The van der Waals surface area contributed by atoms with E-state index in [0.29, 0.717) is 10.8 Å². The standard InChI is InChI=1S/C16H25NO2S/c1-11-9-13(3)16(14(4)10-11)20(18,19)17-15-8-6-5-7-12(15)2/h9-10,12,15,17H,5-8H2,1-4H3/t12-,15-/m0/s1. The number of hydrogen-bond acceptors (Lipinski definition) is 2. The molecular formula is C16H25NO2S. The minimum atomic E-state index is -3.42. The fourth-order valence-electron chi connectivity index (χ4n) is 3.34. The first-order valence-electron chi connectivity index (χ1n) is 7.41. The third-order valence-corrected chi connectivity index (χ3v) is 6.09. The van der Waals surface area contributed by atoms with Crippen molar-refractivity contribution in [3.05, 3.63) is 28.8 Å². The molecule has 0 heterocycles. The van der Waals surface area contributed by atoms with Crippen molar-refractivity contribution in [1.82, 2.24) is 4.72 Å². The van der Waals surface area contributed by atoms with Crippen molar-refractivity contribution in [3.8, 4) is 0 Å².